The highest BCUT2D eigenvalue weighted by Crippen LogP contribution is 2.43. The molecule has 2 fully saturated rings. The first-order valence-corrected chi connectivity index (χ1v) is 8.58. The summed E-state index contributed by atoms with van der Waals surface area (Å²) < 4.78 is 0. The molecule has 128 valence electrons. The van der Waals surface area contributed by atoms with Crippen LogP contribution in [0.2, 0.25) is 0 Å². The average Bonchev–Trinajstić information content (AvgIpc) is 2.99. The van der Waals surface area contributed by atoms with Crippen molar-refractivity contribution in [2.45, 2.75) is 30.7 Å². The molecule has 0 saturated carbocycles. The maximum atomic E-state index is 12.6. The standard InChI is InChI=1S/C19H20N4O2/c24-17-12-16(15-2-1-7-21-13-15)19(22-17)5-10-23(11-6-19)18(25)14-3-8-20-9-4-14/h1-4,7-9,13,16H,5-6,10-12H2,(H,22,24)/t16-/m0/s1. The van der Waals surface area contributed by atoms with E-state index in [-0.39, 0.29) is 23.3 Å². The molecule has 0 unspecified atom stereocenters. The quantitative estimate of drug-likeness (QED) is 0.907. The molecule has 4 rings (SSSR count). The first-order chi connectivity index (χ1) is 12.2. The van der Waals surface area contributed by atoms with E-state index in [4.69, 9.17) is 0 Å². The largest absolute Gasteiger partial charge is 0.350 e. The molecule has 25 heavy (non-hydrogen) atoms. The van der Waals surface area contributed by atoms with Crippen molar-refractivity contribution in [1.29, 1.82) is 0 Å². The van der Waals surface area contributed by atoms with Gasteiger partial charge in [0.05, 0.1) is 5.54 Å². The normalized spacial score (nSPS) is 22.0. The minimum Gasteiger partial charge on any atom is -0.350 e. The van der Waals surface area contributed by atoms with Crippen LogP contribution >= 0.6 is 0 Å². The minimum atomic E-state index is -0.269. The third kappa shape index (κ3) is 2.88. The fourth-order valence-electron chi connectivity index (χ4n) is 4.07. The molecule has 0 aliphatic carbocycles. The number of carbonyl (C=O) groups is 2. The van der Waals surface area contributed by atoms with E-state index < -0.39 is 0 Å². The predicted octanol–water partition coefficient (Wildman–Crippen LogP) is 1.76. The molecule has 1 atom stereocenters. The van der Waals surface area contributed by atoms with Gasteiger partial charge in [0.25, 0.3) is 5.91 Å². The van der Waals surface area contributed by atoms with Crippen molar-refractivity contribution >= 4 is 11.8 Å². The molecule has 1 spiro atoms. The van der Waals surface area contributed by atoms with Gasteiger partial charge >= 0.3 is 0 Å². The Balaban J connectivity index is 1.51. The molecule has 1 N–H and O–H groups in total. The second-order valence-corrected chi connectivity index (χ2v) is 6.78. The zero-order chi connectivity index (χ0) is 17.3. The van der Waals surface area contributed by atoms with E-state index in [1.807, 2.05) is 23.2 Å². The second kappa shape index (κ2) is 6.27. The molecule has 0 aromatic carbocycles. The van der Waals surface area contributed by atoms with Gasteiger partial charge in [-0.2, -0.15) is 0 Å². The lowest BCUT2D eigenvalue weighted by molar-refractivity contribution is -0.120. The fourth-order valence-corrected chi connectivity index (χ4v) is 4.07. The van der Waals surface area contributed by atoms with Gasteiger partial charge in [-0.1, -0.05) is 6.07 Å². The van der Waals surface area contributed by atoms with E-state index >= 15 is 0 Å². The highest BCUT2D eigenvalue weighted by molar-refractivity contribution is 5.94. The Labute approximate surface area is 146 Å². The van der Waals surface area contributed by atoms with Gasteiger partial charge < -0.3 is 10.2 Å². The molecule has 2 saturated heterocycles. The molecule has 2 aliphatic heterocycles. The summed E-state index contributed by atoms with van der Waals surface area (Å²) in [4.78, 5) is 34.8. The van der Waals surface area contributed by atoms with Gasteiger partial charge in [-0.3, -0.25) is 19.6 Å². The summed E-state index contributed by atoms with van der Waals surface area (Å²) in [5.41, 5.74) is 1.48. The van der Waals surface area contributed by atoms with Crippen LogP contribution in [0.15, 0.2) is 49.1 Å². The van der Waals surface area contributed by atoms with E-state index in [9.17, 15) is 9.59 Å². The monoisotopic (exact) mass is 336 g/mol. The lowest BCUT2D eigenvalue weighted by Crippen LogP contribution is -2.54. The molecule has 0 bridgehead atoms. The number of likely N-dealkylation sites (tertiary alicyclic amines) is 1. The van der Waals surface area contributed by atoms with Gasteiger partial charge in [-0.15, -0.1) is 0 Å². The summed E-state index contributed by atoms with van der Waals surface area (Å²) >= 11 is 0. The van der Waals surface area contributed by atoms with Crippen LogP contribution in [0.3, 0.4) is 0 Å². The minimum absolute atomic E-state index is 0.0273. The van der Waals surface area contributed by atoms with Crippen LogP contribution < -0.4 is 5.32 Å². The van der Waals surface area contributed by atoms with E-state index in [2.05, 4.69) is 15.3 Å². The van der Waals surface area contributed by atoms with Crippen molar-refractivity contribution in [3.8, 4) is 0 Å². The van der Waals surface area contributed by atoms with Crippen molar-refractivity contribution in [1.82, 2.24) is 20.2 Å². The number of carbonyl (C=O) groups excluding carboxylic acids is 2. The van der Waals surface area contributed by atoms with Crippen LogP contribution in [0.4, 0.5) is 0 Å². The van der Waals surface area contributed by atoms with Crippen molar-refractivity contribution in [3.63, 3.8) is 0 Å². The first kappa shape index (κ1) is 15.7. The van der Waals surface area contributed by atoms with Gasteiger partial charge in [0.1, 0.15) is 0 Å². The van der Waals surface area contributed by atoms with Gasteiger partial charge in [0, 0.05) is 55.8 Å². The number of amides is 2. The van der Waals surface area contributed by atoms with Gasteiger partial charge in [-0.05, 0) is 36.6 Å². The SMILES string of the molecule is O=C1C[C@@H](c2cccnc2)C2(CCN(C(=O)c3ccncc3)CC2)N1. The second-order valence-electron chi connectivity index (χ2n) is 6.78. The number of nitrogens with zero attached hydrogens (tertiary/aromatic N) is 3. The van der Waals surface area contributed by atoms with Gasteiger partial charge in [-0.25, -0.2) is 0 Å². The molecule has 0 radical (unpaired) electrons. The third-order valence-electron chi connectivity index (χ3n) is 5.40. The van der Waals surface area contributed by atoms with E-state index in [0.29, 0.717) is 25.1 Å². The topological polar surface area (TPSA) is 75.2 Å². The van der Waals surface area contributed by atoms with Crippen molar-refractivity contribution in [3.05, 3.63) is 60.2 Å². The van der Waals surface area contributed by atoms with Crippen molar-refractivity contribution < 1.29 is 9.59 Å². The molecular weight excluding hydrogens is 316 g/mol. The zero-order valence-corrected chi connectivity index (χ0v) is 13.9. The number of piperidine rings is 1. The maximum Gasteiger partial charge on any atom is 0.253 e. The smallest absolute Gasteiger partial charge is 0.253 e. The summed E-state index contributed by atoms with van der Waals surface area (Å²) in [5.74, 6) is 0.231. The number of hydrogen-bond donors (Lipinski definition) is 1. The van der Waals surface area contributed by atoms with Crippen LogP contribution in [0.5, 0.6) is 0 Å². The van der Waals surface area contributed by atoms with E-state index in [1.54, 1.807) is 30.7 Å². The van der Waals surface area contributed by atoms with Crippen LogP contribution in [0.1, 0.15) is 41.1 Å². The van der Waals surface area contributed by atoms with E-state index in [0.717, 1.165) is 18.4 Å². The van der Waals surface area contributed by atoms with Crippen LogP contribution in [0.25, 0.3) is 0 Å². The third-order valence-corrected chi connectivity index (χ3v) is 5.40. The predicted molar refractivity (Wildman–Crippen MR) is 91.8 cm³/mol. The number of rotatable bonds is 2. The number of nitrogens with one attached hydrogen (secondary N) is 1. The summed E-state index contributed by atoms with van der Waals surface area (Å²) in [6, 6.07) is 7.42. The Bertz CT molecular complexity index is 771. The Kier molecular flexibility index (Phi) is 3.95. The Morgan fingerprint density at radius 1 is 1.12 bits per heavy atom. The summed E-state index contributed by atoms with van der Waals surface area (Å²) in [5, 5.41) is 3.20. The summed E-state index contributed by atoms with van der Waals surface area (Å²) in [7, 11) is 0. The Hall–Kier alpha value is -2.76. The van der Waals surface area contributed by atoms with Crippen LogP contribution in [0, 0.1) is 0 Å². The number of aromatic nitrogens is 2. The summed E-state index contributed by atoms with van der Waals surface area (Å²) in [6.45, 7) is 1.27. The number of pyridine rings is 2. The molecule has 2 aliphatic rings. The highest BCUT2D eigenvalue weighted by Gasteiger charge is 2.49. The maximum absolute atomic E-state index is 12.6. The van der Waals surface area contributed by atoms with Crippen LogP contribution in [-0.4, -0.2) is 45.3 Å². The molecule has 4 heterocycles. The van der Waals surface area contributed by atoms with E-state index in [1.165, 1.54) is 0 Å². The van der Waals surface area contributed by atoms with Crippen molar-refractivity contribution in [2.75, 3.05) is 13.1 Å². The van der Waals surface area contributed by atoms with Gasteiger partial charge in [0.2, 0.25) is 5.91 Å². The van der Waals surface area contributed by atoms with Gasteiger partial charge in [0.15, 0.2) is 0 Å². The zero-order valence-electron chi connectivity index (χ0n) is 13.9. The highest BCUT2D eigenvalue weighted by atomic mass is 16.2. The Morgan fingerprint density at radius 3 is 2.56 bits per heavy atom. The molecule has 6 nitrogen and oxygen atoms in total. The summed E-state index contributed by atoms with van der Waals surface area (Å²) in [6.07, 6.45) is 8.87. The molecular formula is C19H20N4O2. The molecule has 2 amide bonds. The number of hydrogen-bond acceptors (Lipinski definition) is 4. The molecule has 2 aromatic rings. The average molecular weight is 336 g/mol. The first-order valence-electron chi connectivity index (χ1n) is 8.58. The van der Waals surface area contributed by atoms with Crippen molar-refractivity contribution in [2.24, 2.45) is 0 Å². The Morgan fingerprint density at radius 2 is 1.88 bits per heavy atom. The fraction of sp³-hybridized carbons (Fsp3) is 0.368. The molecule has 6 heteroatoms. The van der Waals surface area contributed by atoms with Crippen LogP contribution in [-0.2, 0) is 4.79 Å². The molecule has 2 aromatic heterocycles. The lowest BCUT2D eigenvalue weighted by Gasteiger charge is -2.42. The lowest BCUT2D eigenvalue weighted by atomic mass is 9.74.